The van der Waals surface area contributed by atoms with E-state index in [2.05, 4.69) is 5.32 Å². The molecule has 0 saturated heterocycles. The van der Waals surface area contributed by atoms with Crippen LogP contribution < -0.4 is 10.1 Å². The lowest BCUT2D eigenvalue weighted by molar-refractivity contribution is -0.385. The molecule has 0 spiro atoms. The van der Waals surface area contributed by atoms with E-state index in [1.54, 1.807) is 13.8 Å². The molecule has 1 aromatic carbocycles. The number of nitro groups is 1. The SMILES string of the molecule is COc1ccc([N+](=O)[O-])cc1C(C)(C)NC(=O)O. The first-order valence-corrected chi connectivity index (χ1v) is 5.12. The number of carbonyl (C=O) groups is 1. The standard InChI is InChI=1S/C11H14N2O5/c1-11(2,12-10(14)15)8-6-7(13(16)17)4-5-9(8)18-3/h4-6,12H,1-3H3,(H,14,15). The second-order valence-corrected chi connectivity index (χ2v) is 4.20. The van der Waals surface area contributed by atoms with Gasteiger partial charge in [0.2, 0.25) is 0 Å². The van der Waals surface area contributed by atoms with E-state index >= 15 is 0 Å². The van der Waals surface area contributed by atoms with E-state index in [0.717, 1.165) is 0 Å². The Bertz CT molecular complexity index is 484. The van der Waals surface area contributed by atoms with Gasteiger partial charge in [-0.2, -0.15) is 0 Å². The molecule has 1 amide bonds. The predicted octanol–water partition coefficient (Wildman–Crippen LogP) is 2.11. The number of hydrogen-bond acceptors (Lipinski definition) is 4. The van der Waals surface area contributed by atoms with E-state index in [4.69, 9.17) is 9.84 Å². The van der Waals surface area contributed by atoms with Gasteiger partial charge in [0.25, 0.3) is 5.69 Å². The van der Waals surface area contributed by atoms with E-state index in [1.807, 2.05) is 0 Å². The van der Waals surface area contributed by atoms with Gasteiger partial charge in [-0.15, -0.1) is 0 Å². The number of hydrogen-bond donors (Lipinski definition) is 2. The van der Waals surface area contributed by atoms with Crippen molar-refractivity contribution < 1.29 is 19.6 Å². The fourth-order valence-electron chi connectivity index (χ4n) is 1.63. The number of nitro benzene ring substituents is 1. The second kappa shape index (κ2) is 4.91. The highest BCUT2D eigenvalue weighted by Gasteiger charge is 2.28. The molecule has 0 bridgehead atoms. The largest absolute Gasteiger partial charge is 0.496 e. The molecule has 0 heterocycles. The van der Waals surface area contributed by atoms with Crippen LogP contribution in [0.2, 0.25) is 0 Å². The maximum absolute atomic E-state index is 10.7. The summed E-state index contributed by atoms with van der Waals surface area (Å²) in [5.41, 5.74) is -0.712. The molecule has 0 unspecified atom stereocenters. The van der Waals surface area contributed by atoms with Crippen LogP contribution in [-0.2, 0) is 5.54 Å². The van der Waals surface area contributed by atoms with Gasteiger partial charge >= 0.3 is 6.09 Å². The fraction of sp³-hybridized carbons (Fsp3) is 0.364. The fourth-order valence-corrected chi connectivity index (χ4v) is 1.63. The molecule has 1 rings (SSSR count). The van der Waals surface area contributed by atoms with Crippen LogP contribution >= 0.6 is 0 Å². The highest BCUT2D eigenvalue weighted by molar-refractivity contribution is 5.66. The Morgan fingerprint density at radius 3 is 2.56 bits per heavy atom. The number of benzene rings is 1. The summed E-state index contributed by atoms with van der Waals surface area (Å²) in [6.07, 6.45) is -1.21. The average molecular weight is 254 g/mol. The number of methoxy groups -OCH3 is 1. The number of nitrogens with zero attached hydrogens (tertiary/aromatic N) is 1. The van der Waals surface area contributed by atoms with Gasteiger partial charge in [0.05, 0.1) is 17.6 Å². The zero-order valence-electron chi connectivity index (χ0n) is 10.3. The van der Waals surface area contributed by atoms with Crippen LogP contribution in [0.5, 0.6) is 5.75 Å². The van der Waals surface area contributed by atoms with Gasteiger partial charge < -0.3 is 15.2 Å². The third-order valence-corrected chi connectivity index (χ3v) is 2.49. The summed E-state index contributed by atoms with van der Waals surface area (Å²) in [7, 11) is 1.42. The maximum atomic E-state index is 10.7. The first kappa shape index (κ1) is 13.8. The van der Waals surface area contributed by atoms with Gasteiger partial charge in [-0.05, 0) is 19.9 Å². The van der Waals surface area contributed by atoms with Gasteiger partial charge in [-0.25, -0.2) is 4.79 Å². The van der Waals surface area contributed by atoms with Gasteiger partial charge in [0, 0.05) is 17.7 Å². The molecule has 0 aliphatic heterocycles. The Morgan fingerprint density at radius 2 is 2.11 bits per heavy atom. The average Bonchev–Trinajstić information content (AvgIpc) is 2.26. The Balaban J connectivity index is 3.30. The van der Waals surface area contributed by atoms with Crippen molar-refractivity contribution in [2.75, 3.05) is 7.11 Å². The van der Waals surface area contributed by atoms with E-state index in [-0.39, 0.29) is 5.69 Å². The van der Waals surface area contributed by atoms with Gasteiger partial charge in [-0.3, -0.25) is 10.1 Å². The van der Waals surface area contributed by atoms with Gasteiger partial charge in [-0.1, -0.05) is 0 Å². The molecule has 0 fully saturated rings. The molecule has 0 atom stereocenters. The van der Waals surface area contributed by atoms with Crippen molar-refractivity contribution in [2.24, 2.45) is 0 Å². The van der Waals surface area contributed by atoms with Crippen molar-refractivity contribution in [3.05, 3.63) is 33.9 Å². The summed E-state index contributed by atoms with van der Waals surface area (Å²) < 4.78 is 5.09. The quantitative estimate of drug-likeness (QED) is 0.632. The maximum Gasteiger partial charge on any atom is 0.405 e. The summed E-state index contributed by atoms with van der Waals surface area (Å²) in [5.74, 6) is 0.388. The zero-order chi connectivity index (χ0) is 13.9. The van der Waals surface area contributed by atoms with E-state index in [9.17, 15) is 14.9 Å². The molecule has 0 saturated carbocycles. The topological polar surface area (TPSA) is 102 Å². The summed E-state index contributed by atoms with van der Waals surface area (Å²) in [5, 5.41) is 21.8. The van der Waals surface area contributed by atoms with Crippen molar-refractivity contribution in [2.45, 2.75) is 19.4 Å². The lowest BCUT2D eigenvalue weighted by Gasteiger charge is -2.26. The monoisotopic (exact) mass is 254 g/mol. The Labute approximate surface area is 104 Å². The molecule has 0 aromatic heterocycles. The Morgan fingerprint density at radius 1 is 1.50 bits per heavy atom. The number of nitrogens with one attached hydrogen (secondary N) is 1. The molecule has 0 aliphatic rings. The third-order valence-electron chi connectivity index (χ3n) is 2.49. The summed E-state index contributed by atoms with van der Waals surface area (Å²) >= 11 is 0. The summed E-state index contributed by atoms with van der Waals surface area (Å²) in [6, 6.07) is 4.05. The Kier molecular flexibility index (Phi) is 3.75. The van der Waals surface area contributed by atoms with E-state index in [1.165, 1.54) is 25.3 Å². The van der Waals surface area contributed by atoms with Crippen LogP contribution in [0.1, 0.15) is 19.4 Å². The molecule has 2 N–H and O–H groups in total. The minimum Gasteiger partial charge on any atom is -0.496 e. The van der Waals surface area contributed by atoms with E-state index < -0.39 is 16.6 Å². The van der Waals surface area contributed by atoms with Crippen LogP contribution in [0, 0.1) is 10.1 Å². The number of amides is 1. The number of non-ortho nitro benzene ring substituents is 1. The number of ether oxygens (including phenoxy) is 1. The molecule has 7 nitrogen and oxygen atoms in total. The Hall–Kier alpha value is -2.31. The van der Waals surface area contributed by atoms with Gasteiger partial charge in [0.1, 0.15) is 5.75 Å². The van der Waals surface area contributed by atoms with Crippen molar-refractivity contribution in [1.29, 1.82) is 0 Å². The van der Waals surface area contributed by atoms with Crippen LogP contribution in [0.3, 0.4) is 0 Å². The molecule has 0 radical (unpaired) electrons. The molecule has 98 valence electrons. The summed E-state index contributed by atoms with van der Waals surface area (Å²) in [4.78, 5) is 20.9. The molecule has 1 aromatic rings. The third kappa shape index (κ3) is 2.88. The summed E-state index contributed by atoms with van der Waals surface area (Å²) in [6.45, 7) is 3.20. The molecular weight excluding hydrogens is 240 g/mol. The second-order valence-electron chi connectivity index (χ2n) is 4.20. The van der Waals surface area contributed by atoms with Crippen LogP contribution in [0.4, 0.5) is 10.5 Å². The molecular formula is C11H14N2O5. The first-order valence-electron chi connectivity index (χ1n) is 5.12. The first-order chi connectivity index (χ1) is 8.27. The minimum absolute atomic E-state index is 0.119. The van der Waals surface area contributed by atoms with E-state index in [0.29, 0.717) is 11.3 Å². The van der Waals surface area contributed by atoms with Crippen molar-refractivity contribution in [1.82, 2.24) is 5.32 Å². The van der Waals surface area contributed by atoms with Crippen molar-refractivity contribution >= 4 is 11.8 Å². The molecule has 7 heteroatoms. The number of rotatable bonds is 4. The lowest BCUT2D eigenvalue weighted by Crippen LogP contribution is -2.40. The smallest absolute Gasteiger partial charge is 0.405 e. The lowest BCUT2D eigenvalue weighted by atomic mass is 9.93. The van der Waals surface area contributed by atoms with Crippen LogP contribution in [-0.4, -0.2) is 23.2 Å². The number of carboxylic acid groups (broad SMARTS) is 1. The molecule has 18 heavy (non-hydrogen) atoms. The predicted molar refractivity (Wildman–Crippen MR) is 63.8 cm³/mol. The van der Waals surface area contributed by atoms with Crippen molar-refractivity contribution in [3.8, 4) is 5.75 Å². The highest BCUT2D eigenvalue weighted by atomic mass is 16.6. The normalized spacial score (nSPS) is 10.8. The highest BCUT2D eigenvalue weighted by Crippen LogP contribution is 2.32. The minimum atomic E-state index is -1.21. The van der Waals surface area contributed by atoms with Gasteiger partial charge in [0.15, 0.2) is 0 Å². The van der Waals surface area contributed by atoms with Crippen LogP contribution in [0.25, 0.3) is 0 Å². The molecule has 0 aliphatic carbocycles. The van der Waals surface area contributed by atoms with Crippen LogP contribution in [0.15, 0.2) is 18.2 Å². The zero-order valence-corrected chi connectivity index (χ0v) is 10.3. The van der Waals surface area contributed by atoms with Crippen molar-refractivity contribution in [3.63, 3.8) is 0 Å².